The van der Waals surface area contributed by atoms with Crippen LogP contribution >= 0.6 is 0 Å². The molecule has 0 spiro atoms. The highest BCUT2D eigenvalue weighted by Crippen LogP contribution is 2.28. The van der Waals surface area contributed by atoms with Crippen molar-refractivity contribution >= 4 is 0 Å². The quantitative estimate of drug-likeness (QED) is 0.813. The first-order valence-corrected chi connectivity index (χ1v) is 4.75. The fourth-order valence-electron chi connectivity index (χ4n) is 1.43. The smallest absolute Gasteiger partial charge is 0.203 e. The van der Waals surface area contributed by atoms with Crippen molar-refractivity contribution in [1.82, 2.24) is 0 Å². The molecule has 2 nitrogen and oxygen atoms in total. The molecule has 0 amide bonds. The SMILES string of the molecule is COc1c(F)c(F)cc(CC(C)(C)N)c1F. The lowest BCUT2D eigenvalue weighted by atomic mass is 9.95. The molecule has 90 valence electrons. The first kappa shape index (κ1) is 12.8. The first-order chi connectivity index (χ1) is 7.26. The monoisotopic (exact) mass is 233 g/mol. The van der Waals surface area contributed by atoms with E-state index in [4.69, 9.17) is 5.73 Å². The van der Waals surface area contributed by atoms with Gasteiger partial charge in [-0.25, -0.2) is 8.78 Å². The Morgan fingerprint density at radius 2 is 1.81 bits per heavy atom. The van der Waals surface area contributed by atoms with Crippen molar-refractivity contribution in [2.45, 2.75) is 25.8 Å². The van der Waals surface area contributed by atoms with E-state index in [1.54, 1.807) is 13.8 Å². The van der Waals surface area contributed by atoms with Crippen LogP contribution in [0.15, 0.2) is 6.07 Å². The van der Waals surface area contributed by atoms with Crippen molar-refractivity contribution in [3.8, 4) is 5.75 Å². The van der Waals surface area contributed by atoms with Crippen LogP contribution in [0, 0.1) is 17.5 Å². The van der Waals surface area contributed by atoms with Gasteiger partial charge in [0.25, 0.3) is 0 Å². The Kier molecular flexibility index (Phi) is 3.48. The molecule has 1 aromatic rings. The van der Waals surface area contributed by atoms with Crippen molar-refractivity contribution in [1.29, 1.82) is 0 Å². The molecule has 16 heavy (non-hydrogen) atoms. The topological polar surface area (TPSA) is 35.2 Å². The summed E-state index contributed by atoms with van der Waals surface area (Å²) in [5, 5.41) is 0. The predicted molar refractivity (Wildman–Crippen MR) is 54.8 cm³/mol. The minimum Gasteiger partial charge on any atom is -0.491 e. The number of ether oxygens (including phenoxy) is 1. The molecular formula is C11H14F3NO. The van der Waals surface area contributed by atoms with Crippen molar-refractivity contribution in [2.75, 3.05) is 7.11 Å². The average Bonchev–Trinajstić information content (AvgIpc) is 2.13. The van der Waals surface area contributed by atoms with E-state index in [0.29, 0.717) is 0 Å². The van der Waals surface area contributed by atoms with Gasteiger partial charge in [0.05, 0.1) is 7.11 Å². The van der Waals surface area contributed by atoms with Crippen molar-refractivity contribution in [2.24, 2.45) is 5.73 Å². The van der Waals surface area contributed by atoms with Gasteiger partial charge in [-0.2, -0.15) is 4.39 Å². The van der Waals surface area contributed by atoms with Gasteiger partial charge < -0.3 is 10.5 Å². The maximum absolute atomic E-state index is 13.7. The van der Waals surface area contributed by atoms with Crippen LogP contribution in [0.3, 0.4) is 0 Å². The van der Waals surface area contributed by atoms with Crippen LogP contribution in [-0.4, -0.2) is 12.6 Å². The third-order valence-electron chi connectivity index (χ3n) is 2.04. The van der Waals surface area contributed by atoms with Gasteiger partial charge in [0.2, 0.25) is 5.82 Å². The maximum atomic E-state index is 13.7. The van der Waals surface area contributed by atoms with Crippen LogP contribution < -0.4 is 10.5 Å². The van der Waals surface area contributed by atoms with E-state index >= 15 is 0 Å². The van der Waals surface area contributed by atoms with Crippen molar-refractivity contribution < 1.29 is 17.9 Å². The molecule has 0 aliphatic heterocycles. The molecule has 0 aliphatic rings. The zero-order chi connectivity index (χ0) is 12.5. The summed E-state index contributed by atoms with van der Waals surface area (Å²) in [6.45, 7) is 3.33. The summed E-state index contributed by atoms with van der Waals surface area (Å²) in [6.07, 6.45) is 0.0897. The Bertz CT molecular complexity index is 399. The number of nitrogens with two attached hydrogens (primary N) is 1. The van der Waals surface area contributed by atoms with Gasteiger partial charge >= 0.3 is 0 Å². The Balaban J connectivity index is 3.26. The second-order valence-electron chi connectivity index (χ2n) is 4.34. The summed E-state index contributed by atoms with van der Waals surface area (Å²) in [6, 6.07) is 0.807. The fourth-order valence-corrected chi connectivity index (χ4v) is 1.43. The first-order valence-electron chi connectivity index (χ1n) is 4.75. The number of hydrogen-bond acceptors (Lipinski definition) is 2. The maximum Gasteiger partial charge on any atom is 0.203 e. The molecule has 0 saturated carbocycles. The summed E-state index contributed by atoms with van der Waals surface area (Å²) < 4.78 is 44.4. The molecule has 0 fully saturated rings. The second-order valence-corrected chi connectivity index (χ2v) is 4.34. The van der Waals surface area contributed by atoms with E-state index in [9.17, 15) is 13.2 Å². The number of methoxy groups -OCH3 is 1. The van der Waals surface area contributed by atoms with E-state index in [1.807, 2.05) is 0 Å². The van der Waals surface area contributed by atoms with Crippen LogP contribution in [0.4, 0.5) is 13.2 Å². The normalized spacial score (nSPS) is 11.7. The molecule has 0 aromatic heterocycles. The van der Waals surface area contributed by atoms with Gasteiger partial charge in [0.1, 0.15) is 0 Å². The summed E-state index contributed by atoms with van der Waals surface area (Å²) in [5.41, 5.74) is 4.98. The molecule has 1 aromatic carbocycles. The zero-order valence-electron chi connectivity index (χ0n) is 9.40. The van der Waals surface area contributed by atoms with E-state index in [0.717, 1.165) is 13.2 Å². The lowest BCUT2D eigenvalue weighted by molar-refractivity contribution is 0.342. The van der Waals surface area contributed by atoms with Crippen molar-refractivity contribution in [3.63, 3.8) is 0 Å². The predicted octanol–water partition coefficient (Wildman–Crippen LogP) is 2.39. The fraction of sp³-hybridized carbons (Fsp3) is 0.455. The number of hydrogen-bond donors (Lipinski definition) is 1. The Morgan fingerprint density at radius 3 is 2.25 bits per heavy atom. The molecule has 0 atom stereocenters. The average molecular weight is 233 g/mol. The van der Waals surface area contributed by atoms with E-state index < -0.39 is 28.7 Å². The lowest BCUT2D eigenvalue weighted by Crippen LogP contribution is -2.34. The molecule has 0 bridgehead atoms. The van der Waals surface area contributed by atoms with E-state index in [1.165, 1.54) is 0 Å². The van der Waals surface area contributed by atoms with Crippen LogP contribution in [0.1, 0.15) is 19.4 Å². The van der Waals surface area contributed by atoms with Gasteiger partial charge in [0, 0.05) is 5.54 Å². The summed E-state index contributed by atoms with van der Waals surface area (Å²) >= 11 is 0. The molecule has 0 unspecified atom stereocenters. The van der Waals surface area contributed by atoms with Gasteiger partial charge in [-0.15, -0.1) is 0 Å². The van der Waals surface area contributed by atoms with Crippen LogP contribution in [0.5, 0.6) is 5.75 Å². The number of rotatable bonds is 3. The number of halogens is 3. The highest BCUT2D eigenvalue weighted by molar-refractivity contribution is 5.34. The third kappa shape index (κ3) is 2.66. The van der Waals surface area contributed by atoms with E-state index in [2.05, 4.69) is 4.74 Å². The summed E-state index contributed by atoms with van der Waals surface area (Å²) in [5.74, 6) is -4.07. The minimum atomic E-state index is -1.32. The Morgan fingerprint density at radius 1 is 1.25 bits per heavy atom. The van der Waals surface area contributed by atoms with Gasteiger partial charge in [-0.05, 0) is 31.9 Å². The standard InChI is InChI=1S/C11H14F3NO/c1-11(2,15)5-6-4-7(12)9(14)10(16-3)8(6)13/h4H,5,15H2,1-3H3. The molecular weight excluding hydrogens is 219 g/mol. The molecule has 0 aliphatic carbocycles. The number of benzene rings is 1. The van der Waals surface area contributed by atoms with Gasteiger partial charge in [0.15, 0.2) is 17.4 Å². The lowest BCUT2D eigenvalue weighted by Gasteiger charge is -2.19. The van der Waals surface area contributed by atoms with Crippen LogP contribution in [-0.2, 0) is 6.42 Å². The summed E-state index contributed by atoms with van der Waals surface area (Å²) in [4.78, 5) is 0. The highest BCUT2D eigenvalue weighted by Gasteiger charge is 2.22. The minimum absolute atomic E-state index is 0.00301. The van der Waals surface area contributed by atoms with E-state index in [-0.39, 0.29) is 12.0 Å². The molecule has 0 saturated heterocycles. The van der Waals surface area contributed by atoms with Crippen LogP contribution in [0.25, 0.3) is 0 Å². The molecule has 1 rings (SSSR count). The highest BCUT2D eigenvalue weighted by atomic mass is 19.2. The van der Waals surface area contributed by atoms with Gasteiger partial charge in [-0.3, -0.25) is 0 Å². The van der Waals surface area contributed by atoms with Crippen LogP contribution in [0.2, 0.25) is 0 Å². The molecule has 0 radical (unpaired) electrons. The molecule has 0 heterocycles. The van der Waals surface area contributed by atoms with Gasteiger partial charge in [-0.1, -0.05) is 0 Å². The van der Waals surface area contributed by atoms with Crippen molar-refractivity contribution in [3.05, 3.63) is 29.1 Å². The third-order valence-corrected chi connectivity index (χ3v) is 2.04. The Hall–Kier alpha value is -1.23. The Labute approximate surface area is 92.2 Å². The molecule has 2 N–H and O–H groups in total. The zero-order valence-corrected chi connectivity index (χ0v) is 9.40. The largest absolute Gasteiger partial charge is 0.491 e. The molecule has 5 heteroatoms. The summed E-state index contributed by atoms with van der Waals surface area (Å²) in [7, 11) is 1.08. The second kappa shape index (κ2) is 4.33.